The molecule has 0 amide bonds. The number of carbonyl (C=O) groups is 1. The zero-order valence-electron chi connectivity index (χ0n) is 15.8. The highest BCUT2D eigenvalue weighted by atomic mass is 16.1. The molecule has 0 bridgehead atoms. The first-order chi connectivity index (χ1) is 13.7. The number of aldehydes is 1. The van der Waals surface area contributed by atoms with E-state index in [-0.39, 0.29) is 0 Å². The van der Waals surface area contributed by atoms with Gasteiger partial charge in [-0.15, -0.1) is 0 Å². The van der Waals surface area contributed by atoms with Crippen molar-refractivity contribution in [3.63, 3.8) is 0 Å². The Bertz CT molecular complexity index is 1410. The fourth-order valence-electron chi connectivity index (χ4n) is 4.22. The first-order valence-corrected chi connectivity index (χ1v) is 9.41. The van der Waals surface area contributed by atoms with E-state index >= 15 is 0 Å². The molecule has 0 aromatic heterocycles. The molecule has 28 heavy (non-hydrogen) atoms. The van der Waals surface area contributed by atoms with Crippen molar-refractivity contribution in [1.82, 2.24) is 0 Å². The second-order valence-electron chi connectivity index (χ2n) is 7.36. The van der Waals surface area contributed by atoms with E-state index in [1.165, 1.54) is 32.3 Å². The normalized spacial score (nSPS) is 11.1. The molecule has 0 fully saturated rings. The summed E-state index contributed by atoms with van der Waals surface area (Å²) in [6.45, 7) is 3.91. The van der Waals surface area contributed by atoms with Crippen LogP contribution in [-0.2, 0) is 0 Å². The first-order valence-electron chi connectivity index (χ1n) is 9.41. The van der Waals surface area contributed by atoms with Crippen molar-refractivity contribution in [3.8, 4) is 11.8 Å². The predicted molar refractivity (Wildman–Crippen MR) is 117 cm³/mol. The Hall–Kier alpha value is -3.63. The van der Waals surface area contributed by atoms with Crippen LogP contribution in [0.15, 0.2) is 66.7 Å². The molecule has 0 spiro atoms. The van der Waals surface area contributed by atoms with Gasteiger partial charge in [-0.05, 0) is 75.5 Å². The van der Waals surface area contributed by atoms with Crippen molar-refractivity contribution in [2.45, 2.75) is 13.8 Å². The lowest BCUT2D eigenvalue weighted by Crippen LogP contribution is -1.93. The molecule has 0 atom stereocenters. The van der Waals surface area contributed by atoms with Gasteiger partial charge < -0.3 is 0 Å². The van der Waals surface area contributed by atoms with Crippen molar-refractivity contribution in [2.75, 3.05) is 0 Å². The molecule has 5 aromatic carbocycles. The fourth-order valence-corrected chi connectivity index (χ4v) is 4.22. The van der Waals surface area contributed by atoms with E-state index in [2.05, 4.69) is 66.4 Å². The highest BCUT2D eigenvalue weighted by molar-refractivity contribution is 6.23. The van der Waals surface area contributed by atoms with E-state index in [0.717, 1.165) is 34.1 Å². The summed E-state index contributed by atoms with van der Waals surface area (Å²) in [5.41, 5.74) is 4.66. The highest BCUT2D eigenvalue weighted by Crippen LogP contribution is 2.35. The second-order valence-corrected chi connectivity index (χ2v) is 7.36. The third-order valence-corrected chi connectivity index (χ3v) is 5.58. The maximum atomic E-state index is 11.2. The molecule has 0 aliphatic heterocycles. The van der Waals surface area contributed by atoms with Gasteiger partial charge in [0.15, 0.2) is 6.29 Å². The van der Waals surface area contributed by atoms with E-state index in [1.54, 1.807) is 0 Å². The van der Waals surface area contributed by atoms with Gasteiger partial charge in [0.2, 0.25) is 0 Å². The third kappa shape index (κ3) is 2.47. The van der Waals surface area contributed by atoms with E-state index in [0.29, 0.717) is 0 Å². The SMILES string of the molecule is Cc1cc(C#Cc2ccc3ccc4cccc5ccc2c3c45)cc(C)c1C=O. The summed E-state index contributed by atoms with van der Waals surface area (Å²) in [4.78, 5) is 11.2. The predicted octanol–water partition coefficient (Wildman–Crippen LogP) is 6.41. The lowest BCUT2D eigenvalue weighted by molar-refractivity contribution is 0.112. The molecule has 0 aliphatic carbocycles. The van der Waals surface area contributed by atoms with Gasteiger partial charge in [-0.2, -0.15) is 0 Å². The Balaban J connectivity index is 1.73. The van der Waals surface area contributed by atoms with Gasteiger partial charge in [0.25, 0.3) is 0 Å². The first kappa shape index (κ1) is 16.5. The van der Waals surface area contributed by atoms with Crippen LogP contribution < -0.4 is 0 Å². The highest BCUT2D eigenvalue weighted by Gasteiger charge is 2.09. The zero-order valence-corrected chi connectivity index (χ0v) is 15.8. The average molecular weight is 358 g/mol. The zero-order chi connectivity index (χ0) is 19.3. The number of hydrogen-bond donors (Lipinski definition) is 0. The summed E-state index contributed by atoms with van der Waals surface area (Å²) in [7, 11) is 0. The molecule has 0 saturated heterocycles. The molecular formula is C27H18O. The molecule has 1 heteroatoms. The van der Waals surface area contributed by atoms with Crippen molar-refractivity contribution >= 4 is 38.6 Å². The molecule has 5 rings (SSSR count). The van der Waals surface area contributed by atoms with Crippen LogP contribution in [0.5, 0.6) is 0 Å². The van der Waals surface area contributed by atoms with E-state index in [4.69, 9.17) is 0 Å². The lowest BCUT2D eigenvalue weighted by Gasteiger charge is -2.11. The van der Waals surface area contributed by atoms with Crippen LogP contribution in [0.25, 0.3) is 32.3 Å². The number of hydrogen-bond acceptors (Lipinski definition) is 1. The van der Waals surface area contributed by atoms with Gasteiger partial charge in [0, 0.05) is 16.7 Å². The molecule has 1 nitrogen and oxygen atoms in total. The molecule has 0 unspecified atom stereocenters. The molecule has 0 N–H and O–H groups in total. The monoisotopic (exact) mass is 358 g/mol. The van der Waals surface area contributed by atoms with Crippen molar-refractivity contribution in [2.24, 2.45) is 0 Å². The Labute approximate surface area is 163 Å². The van der Waals surface area contributed by atoms with Gasteiger partial charge in [-0.1, -0.05) is 60.4 Å². The fraction of sp³-hybridized carbons (Fsp3) is 0.0741. The summed E-state index contributed by atoms with van der Waals surface area (Å²) in [5.74, 6) is 6.67. The third-order valence-electron chi connectivity index (χ3n) is 5.58. The summed E-state index contributed by atoms with van der Waals surface area (Å²) in [6.07, 6.45) is 0.919. The van der Waals surface area contributed by atoms with E-state index in [9.17, 15) is 4.79 Å². The lowest BCUT2D eigenvalue weighted by atomic mass is 9.92. The molecular weight excluding hydrogens is 340 g/mol. The number of aryl methyl sites for hydroxylation is 2. The smallest absolute Gasteiger partial charge is 0.150 e. The standard InChI is InChI=1S/C27H18O/c1-17-14-19(15-18(2)25(17)16-28)6-7-20-8-9-23-11-10-21-4-3-5-22-12-13-24(20)27(23)26(21)22/h3-5,8-16H,1-2H3. The second kappa shape index (κ2) is 6.22. The van der Waals surface area contributed by atoms with Gasteiger partial charge >= 0.3 is 0 Å². The molecule has 132 valence electrons. The molecule has 5 aromatic rings. The van der Waals surface area contributed by atoms with Crippen LogP contribution in [0.3, 0.4) is 0 Å². The average Bonchev–Trinajstić information content (AvgIpc) is 2.71. The Morgan fingerprint density at radius 2 is 1.32 bits per heavy atom. The molecule has 0 radical (unpaired) electrons. The summed E-state index contributed by atoms with van der Waals surface area (Å²) in [5, 5.41) is 7.54. The van der Waals surface area contributed by atoms with E-state index in [1.807, 2.05) is 26.0 Å². The van der Waals surface area contributed by atoms with Gasteiger partial charge in [-0.25, -0.2) is 0 Å². The summed E-state index contributed by atoms with van der Waals surface area (Å²) >= 11 is 0. The Kier molecular flexibility index (Phi) is 3.67. The van der Waals surface area contributed by atoms with Crippen molar-refractivity contribution in [1.29, 1.82) is 0 Å². The summed E-state index contributed by atoms with van der Waals surface area (Å²) in [6, 6.07) is 23.4. The minimum atomic E-state index is 0.758. The Morgan fingerprint density at radius 1 is 0.714 bits per heavy atom. The van der Waals surface area contributed by atoms with Gasteiger partial charge in [0.05, 0.1) is 0 Å². The van der Waals surface area contributed by atoms with Crippen LogP contribution in [0.4, 0.5) is 0 Å². The maximum absolute atomic E-state index is 11.2. The number of rotatable bonds is 1. The summed E-state index contributed by atoms with van der Waals surface area (Å²) < 4.78 is 0. The maximum Gasteiger partial charge on any atom is 0.150 e. The molecule has 0 heterocycles. The minimum absolute atomic E-state index is 0.758. The van der Waals surface area contributed by atoms with Crippen LogP contribution in [0.2, 0.25) is 0 Å². The number of benzene rings is 5. The molecule has 0 saturated carbocycles. The van der Waals surface area contributed by atoms with Gasteiger partial charge in [0.1, 0.15) is 0 Å². The van der Waals surface area contributed by atoms with Crippen LogP contribution in [-0.4, -0.2) is 6.29 Å². The molecule has 0 aliphatic rings. The van der Waals surface area contributed by atoms with Crippen molar-refractivity contribution < 1.29 is 4.79 Å². The largest absolute Gasteiger partial charge is 0.298 e. The van der Waals surface area contributed by atoms with Crippen molar-refractivity contribution in [3.05, 3.63) is 94.5 Å². The van der Waals surface area contributed by atoms with Crippen LogP contribution >= 0.6 is 0 Å². The van der Waals surface area contributed by atoms with Crippen LogP contribution in [0.1, 0.15) is 32.6 Å². The minimum Gasteiger partial charge on any atom is -0.298 e. The van der Waals surface area contributed by atoms with Gasteiger partial charge in [-0.3, -0.25) is 4.79 Å². The Morgan fingerprint density at radius 3 is 2.00 bits per heavy atom. The topological polar surface area (TPSA) is 17.1 Å². The van der Waals surface area contributed by atoms with E-state index < -0.39 is 0 Å². The number of carbonyl (C=O) groups excluding carboxylic acids is 1. The van der Waals surface area contributed by atoms with Crippen LogP contribution in [0, 0.1) is 25.7 Å². The quantitative estimate of drug-likeness (QED) is 0.192.